The molecule has 3 aromatic carbocycles. The SMILES string of the molecule is COc1ccc(-c2cc(C(=O)O)cc3cc(OC)ccc23)cc1. The first kappa shape index (κ1) is 14.9. The zero-order chi connectivity index (χ0) is 16.4. The Balaban J connectivity index is 2.26. The van der Waals surface area contributed by atoms with E-state index >= 15 is 0 Å². The fourth-order valence-electron chi connectivity index (χ4n) is 2.61. The molecule has 3 rings (SSSR count). The molecule has 23 heavy (non-hydrogen) atoms. The van der Waals surface area contributed by atoms with Crippen molar-refractivity contribution in [3.05, 3.63) is 60.2 Å². The smallest absolute Gasteiger partial charge is 0.335 e. The van der Waals surface area contributed by atoms with Gasteiger partial charge in [0.1, 0.15) is 11.5 Å². The summed E-state index contributed by atoms with van der Waals surface area (Å²) in [5.41, 5.74) is 2.05. The average Bonchev–Trinajstić information content (AvgIpc) is 2.60. The fourth-order valence-corrected chi connectivity index (χ4v) is 2.61. The molecule has 0 fully saturated rings. The molecule has 4 heteroatoms. The molecule has 0 saturated heterocycles. The van der Waals surface area contributed by atoms with E-state index in [4.69, 9.17) is 9.47 Å². The van der Waals surface area contributed by atoms with Gasteiger partial charge in [-0.1, -0.05) is 18.2 Å². The molecule has 4 nitrogen and oxygen atoms in total. The summed E-state index contributed by atoms with van der Waals surface area (Å²) in [6.45, 7) is 0. The van der Waals surface area contributed by atoms with Crippen molar-refractivity contribution in [3.8, 4) is 22.6 Å². The van der Waals surface area contributed by atoms with Crippen molar-refractivity contribution in [2.75, 3.05) is 14.2 Å². The Labute approximate surface area is 133 Å². The highest BCUT2D eigenvalue weighted by Gasteiger charge is 2.11. The predicted molar refractivity (Wildman–Crippen MR) is 89.4 cm³/mol. The van der Waals surface area contributed by atoms with E-state index in [0.717, 1.165) is 27.6 Å². The van der Waals surface area contributed by atoms with Crippen LogP contribution in [0.1, 0.15) is 10.4 Å². The molecule has 0 amide bonds. The number of carboxylic acids is 1. The van der Waals surface area contributed by atoms with Crippen LogP contribution in [0.25, 0.3) is 21.9 Å². The van der Waals surface area contributed by atoms with Gasteiger partial charge in [-0.2, -0.15) is 0 Å². The number of carboxylic acid groups (broad SMARTS) is 1. The maximum Gasteiger partial charge on any atom is 0.335 e. The molecule has 0 aliphatic carbocycles. The number of hydrogen-bond acceptors (Lipinski definition) is 3. The van der Waals surface area contributed by atoms with E-state index in [2.05, 4.69) is 0 Å². The maximum atomic E-state index is 11.4. The molecule has 1 N–H and O–H groups in total. The lowest BCUT2D eigenvalue weighted by molar-refractivity contribution is 0.0697. The zero-order valence-corrected chi connectivity index (χ0v) is 12.9. The van der Waals surface area contributed by atoms with Crippen LogP contribution < -0.4 is 9.47 Å². The molecule has 0 atom stereocenters. The summed E-state index contributed by atoms with van der Waals surface area (Å²) in [7, 11) is 3.20. The van der Waals surface area contributed by atoms with Crippen molar-refractivity contribution < 1.29 is 19.4 Å². The number of ether oxygens (including phenoxy) is 2. The van der Waals surface area contributed by atoms with E-state index in [-0.39, 0.29) is 5.56 Å². The Morgan fingerprint density at radius 3 is 2.13 bits per heavy atom. The van der Waals surface area contributed by atoms with Crippen LogP contribution in [-0.4, -0.2) is 25.3 Å². The predicted octanol–water partition coefficient (Wildman–Crippen LogP) is 4.22. The van der Waals surface area contributed by atoms with Gasteiger partial charge in [0.05, 0.1) is 19.8 Å². The molecule has 3 aromatic rings. The van der Waals surface area contributed by atoms with Gasteiger partial charge in [0.25, 0.3) is 0 Å². The third-order valence-electron chi connectivity index (χ3n) is 3.81. The fraction of sp³-hybridized carbons (Fsp3) is 0.105. The summed E-state index contributed by atoms with van der Waals surface area (Å²) in [4.78, 5) is 11.4. The third kappa shape index (κ3) is 2.83. The Morgan fingerprint density at radius 2 is 1.52 bits per heavy atom. The second-order valence-electron chi connectivity index (χ2n) is 5.14. The number of hydrogen-bond donors (Lipinski definition) is 1. The number of benzene rings is 3. The second-order valence-corrected chi connectivity index (χ2v) is 5.14. The number of fused-ring (bicyclic) bond motifs is 1. The first-order valence-electron chi connectivity index (χ1n) is 7.12. The summed E-state index contributed by atoms with van der Waals surface area (Å²) in [5.74, 6) is 0.499. The summed E-state index contributed by atoms with van der Waals surface area (Å²) < 4.78 is 10.4. The largest absolute Gasteiger partial charge is 0.497 e. The Bertz CT molecular complexity index is 866. The first-order chi connectivity index (χ1) is 11.1. The quantitative estimate of drug-likeness (QED) is 0.784. The van der Waals surface area contributed by atoms with Crippen molar-refractivity contribution in [2.45, 2.75) is 0 Å². The van der Waals surface area contributed by atoms with Crippen LogP contribution in [0.3, 0.4) is 0 Å². The number of aromatic carboxylic acids is 1. The van der Waals surface area contributed by atoms with Gasteiger partial charge in [0.2, 0.25) is 0 Å². The molecule has 0 heterocycles. The molecule has 0 saturated carbocycles. The van der Waals surface area contributed by atoms with Crippen LogP contribution in [-0.2, 0) is 0 Å². The van der Waals surface area contributed by atoms with Crippen molar-refractivity contribution >= 4 is 16.7 Å². The van der Waals surface area contributed by atoms with E-state index in [0.29, 0.717) is 5.75 Å². The summed E-state index contributed by atoms with van der Waals surface area (Å²) >= 11 is 0. The van der Waals surface area contributed by atoms with Gasteiger partial charge in [-0.05, 0) is 58.3 Å². The van der Waals surface area contributed by atoms with Crippen LogP contribution in [0.15, 0.2) is 54.6 Å². The topological polar surface area (TPSA) is 55.8 Å². The summed E-state index contributed by atoms with van der Waals surface area (Å²) in [6, 6.07) is 16.6. The molecule has 0 spiro atoms. The third-order valence-corrected chi connectivity index (χ3v) is 3.81. The van der Waals surface area contributed by atoms with Gasteiger partial charge in [-0.25, -0.2) is 4.79 Å². The lowest BCUT2D eigenvalue weighted by Gasteiger charge is -2.11. The van der Waals surface area contributed by atoms with Crippen LogP contribution >= 0.6 is 0 Å². The normalized spacial score (nSPS) is 10.5. The zero-order valence-electron chi connectivity index (χ0n) is 12.9. The lowest BCUT2D eigenvalue weighted by atomic mass is 9.95. The number of rotatable bonds is 4. The van der Waals surface area contributed by atoms with Gasteiger partial charge in [-0.15, -0.1) is 0 Å². The summed E-state index contributed by atoms with van der Waals surface area (Å²) in [6.07, 6.45) is 0. The molecule has 0 bridgehead atoms. The monoisotopic (exact) mass is 308 g/mol. The lowest BCUT2D eigenvalue weighted by Crippen LogP contribution is -1.97. The van der Waals surface area contributed by atoms with E-state index in [1.807, 2.05) is 42.5 Å². The Hall–Kier alpha value is -3.01. The molecule has 0 radical (unpaired) electrons. The summed E-state index contributed by atoms with van der Waals surface area (Å²) in [5, 5.41) is 11.2. The second kappa shape index (κ2) is 6.01. The van der Waals surface area contributed by atoms with E-state index < -0.39 is 5.97 Å². The van der Waals surface area contributed by atoms with Gasteiger partial charge in [-0.3, -0.25) is 0 Å². The van der Waals surface area contributed by atoms with Gasteiger partial charge < -0.3 is 14.6 Å². The van der Waals surface area contributed by atoms with Gasteiger partial charge in [0, 0.05) is 0 Å². The molecule has 0 unspecified atom stereocenters. The Morgan fingerprint density at radius 1 is 0.870 bits per heavy atom. The maximum absolute atomic E-state index is 11.4. The number of carbonyl (C=O) groups is 1. The minimum Gasteiger partial charge on any atom is -0.497 e. The molecular formula is C19H16O4. The average molecular weight is 308 g/mol. The number of methoxy groups -OCH3 is 2. The first-order valence-corrected chi connectivity index (χ1v) is 7.12. The van der Waals surface area contributed by atoms with E-state index in [9.17, 15) is 9.90 Å². The van der Waals surface area contributed by atoms with Crippen molar-refractivity contribution in [1.82, 2.24) is 0 Å². The van der Waals surface area contributed by atoms with Crippen molar-refractivity contribution in [2.24, 2.45) is 0 Å². The molecule has 0 aromatic heterocycles. The van der Waals surface area contributed by atoms with Crippen LogP contribution in [0.5, 0.6) is 11.5 Å². The van der Waals surface area contributed by atoms with Crippen molar-refractivity contribution in [1.29, 1.82) is 0 Å². The van der Waals surface area contributed by atoms with Crippen LogP contribution in [0.4, 0.5) is 0 Å². The highest BCUT2D eigenvalue weighted by atomic mass is 16.5. The molecule has 116 valence electrons. The highest BCUT2D eigenvalue weighted by Crippen LogP contribution is 2.33. The Kier molecular flexibility index (Phi) is 3.89. The minimum absolute atomic E-state index is 0.247. The van der Waals surface area contributed by atoms with E-state index in [1.165, 1.54) is 0 Å². The highest BCUT2D eigenvalue weighted by molar-refractivity contribution is 6.03. The standard InChI is InChI=1S/C19H16O4/c1-22-15-5-3-12(4-6-15)18-11-14(19(20)21)9-13-10-16(23-2)7-8-17(13)18/h3-11H,1-2H3,(H,20,21). The molecule has 0 aliphatic heterocycles. The van der Waals surface area contributed by atoms with E-state index in [1.54, 1.807) is 26.4 Å². The molecule has 0 aliphatic rings. The van der Waals surface area contributed by atoms with Crippen LogP contribution in [0, 0.1) is 0 Å². The molecular weight excluding hydrogens is 292 g/mol. The van der Waals surface area contributed by atoms with Gasteiger partial charge in [0.15, 0.2) is 0 Å². The van der Waals surface area contributed by atoms with Crippen molar-refractivity contribution in [3.63, 3.8) is 0 Å². The van der Waals surface area contributed by atoms with Crippen LogP contribution in [0.2, 0.25) is 0 Å². The van der Waals surface area contributed by atoms with Gasteiger partial charge >= 0.3 is 5.97 Å². The minimum atomic E-state index is -0.954.